The average Bonchev–Trinajstić information content (AvgIpc) is 2.68. The number of allylic oxidation sites excluding steroid dienone is 1. The molecular weight excluding hydrogens is 324 g/mol. The highest BCUT2D eigenvalue weighted by molar-refractivity contribution is 5.99. The SMILES string of the molecule is C=CCc1ccccc1OCC(=O)N/N=C/c1cccc2ccccc12. The van der Waals surface area contributed by atoms with Gasteiger partial charge in [-0.3, -0.25) is 4.79 Å². The molecule has 1 N–H and O–H groups in total. The molecule has 0 heterocycles. The molecular formula is C22H20N2O2. The van der Waals surface area contributed by atoms with E-state index >= 15 is 0 Å². The number of benzene rings is 3. The Balaban J connectivity index is 1.59. The van der Waals surface area contributed by atoms with Gasteiger partial charge < -0.3 is 4.74 Å². The Kier molecular flexibility index (Phi) is 5.78. The second-order valence-corrected chi connectivity index (χ2v) is 5.75. The molecule has 0 fully saturated rings. The van der Waals surface area contributed by atoms with E-state index in [4.69, 9.17) is 4.74 Å². The van der Waals surface area contributed by atoms with E-state index < -0.39 is 0 Å². The third-order valence-electron chi connectivity index (χ3n) is 3.91. The van der Waals surface area contributed by atoms with E-state index in [0.717, 1.165) is 21.9 Å². The zero-order valence-electron chi connectivity index (χ0n) is 14.4. The molecule has 0 saturated heterocycles. The van der Waals surface area contributed by atoms with Gasteiger partial charge in [0.15, 0.2) is 6.61 Å². The number of hydrogen-bond acceptors (Lipinski definition) is 3. The van der Waals surface area contributed by atoms with Crippen molar-refractivity contribution >= 4 is 22.9 Å². The van der Waals surface area contributed by atoms with Gasteiger partial charge in [-0.05, 0) is 28.8 Å². The molecule has 0 aliphatic rings. The van der Waals surface area contributed by atoms with E-state index in [1.54, 1.807) is 12.3 Å². The Morgan fingerprint density at radius 1 is 1.04 bits per heavy atom. The van der Waals surface area contributed by atoms with Crippen LogP contribution in [0.15, 0.2) is 84.5 Å². The average molecular weight is 344 g/mol. The third-order valence-corrected chi connectivity index (χ3v) is 3.91. The van der Waals surface area contributed by atoms with E-state index in [1.165, 1.54) is 0 Å². The number of nitrogens with one attached hydrogen (secondary N) is 1. The van der Waals surface area contributed by atoms with Gasteiger partial charge in [-0.2, -0.15) is 5.10 Å². The van der Waals surface area contributed by atoms with E-state index in [9.17, 15) is 4.79 Å². The highest BCUT2D eigenvalue weighted by Crippen LogP contribution is 2.18. The van der Waals surface area contributed by atoms with Crippen LogP contribution in [-0.4, -0.2) is 18.7 Å². The number of carbonyl (C=O) groups excluding carboxylic acids is 1. The summed E-state index contributed by atoms with van der Waals surface area (Å²) >= 11 is 0. The molecule has 4 heteroatoms. The summed E-state index contributed by atoms with van der Waals surface area (Å²) in [6.07, 6.45) is 4.14. The van der Waals surface area contributed by atoms with Gasteiger partial charge in [-0.1, -0.05) is 66.7 Å². The summed E-state index contributed by atoms with van der Waals surface area (Å²) < 4.78 is 5.59. The summed E-state index contributed by atoms with van der Waals surface area (Å²) in [5.41, 5.74) is 4.44. The van der Waals surface area contributed by atoms with Gasteiger partial charge in [0.2, 0.25) is 0 Å². The lowest BCUT2D eigenvalue weighted by Crippen LogP contribution is -2.24. The Morgan fingerprint density at radius 3 is 2.69 bits per heavy atom. The molecule has 130 valence electrons. The van der Waals surface area contributed by atoms with Crippen LogP contribution in [0.1, 0.15) is 11.1 Å². The predicted molar refractivity (Wildman–Crippen MR) is 106 cm³/mol. The van der Waals surface area contributed by atoms with Crippen LogP contribution in [0.3, 0.4) is 0 Å². The van der Waals surface area contributed by atoms with Crippen molar-refractivity contribution in [3.63, 3.8) is 0 Å². The van der Waals surface area contributed by atoms with Crippen LogP contribution < -0.4 is 10.2 Å². The number of ether oxygens (including phenoxy) is 1. The maximum atomic E-state index is 12.0. The molecule has 3 aromatic carbocycles. The van der Waals surface area contributed by atoms with Gasteiger partial charge in [0.1, 0.15) is 5.75 Å². The lowest BCUT2D eigenvalue weighted by molar-refractivity contribution is -0.123. The molecule has 0 aromatic heterocycles. The van der Waals surface area contributed by atoms with Crippen molar-refractivity contribution in [2.45, 2.75) is 6.42 Å². The van der Waals surface area contributed by atoms with Gasteiger partial charge in [-0.25, -0.2) is 5.43 Å². The minimum atomic E-state index is -0.310. The minimum Gasteiger partial charge on any atom is -0.483 e. The second kappa shape index (κ2) is 8.62. The van der Waals surface area contributed by atoms with Gasteiger partial charge in [0.05, 0.1) is 6.21 Å². The lowest BCUT2D eigenvalue weighted by Gasteiger charge is -2.09. The predicted octanol–water partition coefficient (Wildman–Crippen LogP) is 4.10. The monoisotopic (exact) mass is 344 g/mol. The molecule has 0 saturated carbocycles. The molecule has 0 unspecified atom stereocenters. The Bertz CT molecular complexity index is 942. The first kappa shape index (κ1) is 17.4. The van der Waals surface area contributed by atoms with E-state index in [1.807, 2.05) is 66.7 Å². The van der Waals surface area contributed by atoms with Crippen LogP contribution >= 0.6 is 0 Å². The largest absolute Gasteiger partial charge is 0.483 e. The Morgan fingerprint density at radius 2 is 1.81 bits per heavy atom. The highest BCUT2D eigenvalue weighted by atomic mass is 16.5. The third kappa shape index (κ3) is 4.36. The van der Waals surface area contributed by atoms with Crippen LogP contribution in [-0.2, 0) is 11.2 Å². The van der Waals surface area contributed by atoms with Gasteiger partial charge in [-0.15, -0.1) is 6.58 Å². The fourth-order valence-electron chi connectivity index (χ4n) is 2.68. The topological polar surface area (TPSA) is 50.7 Å². The molecule has 0 spiro atoms. The van der Waals surface area contributed by atoms with Crippen LogP contribution in [0, 0.1) is 0 Å². The molecule has 4 nitrogen and oxygen atoms in total. The van der Waals surface area contributed by atoms with Crippen LogP contribution in [0.2, 0.25) is 0 Å². The maximum Gasteiger partial charge on any atom is 0.277 e. The van der Waals surface area contributed by atoms with Crippen molar-refractivity contribution in [2.24, 2.45) is 5.10 Å². The quantitative estimate of drug-likeness (QED) is 0.399. The first-order valence-electron chi connectivity index (χ1n) is 8.39. The standard InChI is InChI=1S/C22H20N2O2/c1-2-8-18-10-4-6-14-21(18)26-16-22(25)24-23-15-19-12-7-11-17-9-3-5-13-20(17)19/h2-7,9-15H,1,8,16H2,(H,24,25)/b23-15+. The van der Waals surface area contributed by atoms with Crippen LogP contribution in [0.4, 0.5) is 0 Å². The second-order valence-electron chi connectivity index (χ2n) is 5.75. The number of fused-ring (bicyclic) bond motifs is 1. The molecule has 26 heavy (non-hydrogen) atoms. The molecule has 1 amide bonds. The zero-order chi connectivity index (χ0) is 18.2. The number of rotatable bonds is 7. The van der Waals surface area contributed by atoms with E-state index in [0.29, 0.717) is 12.2 Å². The number of hydrogen-bond donors (Lipinski definition) is 1. The van der Waals surface area contributed by atoms with Crippen molar-refractivity contribution in [2.75, 3.05) is 6.61 Å². The van der Waals surface area contributed by atoms with Gasteiger partial charge in [0.25, 0.3) is 5.91 Å². The molecule has 0 radical (unpaired) electrons. The summed E-state index contributed by atoms with van der Waals surface area (Å²) in [6, 6.07) is 21.6. The molecule has 0 aliphatic carbocycles. The van der Waals surface area contributed by atoms with Crippen LogP contribution in [0.5, 0.6) is 5.75 Å². The summed E-state index contributed by atoms with van der Waals surface area (Å²) in [7, 11) is 0. The lowest BCUT2D eigenvalue weighted by atomic mass is 10.1. The number of hydrazone groups is 1. The normalized spacial score (nSPS) is 10.8. The summed E-state index contributed by atoms with van der Waals surface area (Å²) in [6.45, 7) is 3.63. The number of para-hydroxylation sites is 1. The smallest absolute Gasteiger partial charge is 0.277 e. The Labute approximate surface area is 152 Å². The van der Waals surface area contributed by atoms with Crippen molar-refractivity contribution in [3.8, 4) is 5.75 Å². The van der Waals surface area contributed by atoms with Gasteiger partial charge >= 0.3 is 0 Å². The number of nitrogens with zero attached hydrogens (tertiary/aromatic N) is 1. The van der Waals surface area contributed by atoms with E-state index in [-0.39, 0.29) is 12.5 Å². The van der Waals surface area contributed by atoms with Crippen LogP contribution in [0.25, 0.3) is 10.8 Å². The van der Waals surface area contributed by atoms with E-state index in [2.05, 4.69) is 17.1 Å². The fourth-order valence-corrected chi connectivity index (χ4v) is 2.68. The summed E-state index contributed by atoms with van der Waals surface area (Å²) in [5.74, 6) is 0.371. The molecule has 0 atom stereocenters. The molecule has 3 rings (SSSR count). The fraction of sp³-hybridized carbons (Fsp3) is 0.0909. The Hall–Kier alpha value is -3.40. The first-order valence-corrected chi connectivity index (χ1v) is 8.39. The molecule has 0 aliphatic heterocycles. The first-order chi connectivity index (χ1) is 12.8. The summed E-state index contributed by atoms with van der Waals surface area (Å²) in [5, 5.41) is 6.26. The zero-order valence-corrected chi connectivity index (χ0v) is 14.4. The minimum absolute atomic E-state index is 0.0962. The van der Waals surface area contributed by atoms with Crippen molar-refractivity contribution in [1.82, 2.24) is 5.43 Å². The molecule has 0 bridgehead atoms. The summed E-state index contributed by atoms with van der Waals surface area (Å²) in [4.78, 5) is 12.0. The van der Waals surface area contributed by atoms with Gasteiger partial charge in [0, 0.05) is 5.56 Å². The molecule has 3 aromatic rings. The van der Waals surface area contributed by atoms with Crippen molar-refractivity contribution in [3.05, 3.63) is 90.5 Å². The number of amides is 1. The number of carbonyl (C=O) groups is 1. The van der Waals surface area contributed by atoms with Crippen molar-refractivity contribution in [1.29, 1.82) is 0 Å². The van der Waals surface area contributed by atoms with Crippen molar-refractivity contribution < 1.29 is 9.53 Å². The maximum absolute atomic E-state index is 12.0. The highest BCUT2D eigenvalue weighted by Gasteiger charge is 2.05.